The van der Waals surface area contributed by atoms with E-state index < -0.39 is 0 Å². The Hall–Kier alpha value is -2.07. The first kappa shape index (κ1) is 10.1. The molecule has 0 saturated heterocycles. The molecule has 2 aromatic carbocycles. The zero-order valence-corrected chi connectivity index (χ0v) is 9.99. The van der Waals surface area contributed by atoms with Crippen LogP contribution in [0.25, 0.3) is 16.0 Å². The maximum absolute atomic E-state index is 7.12. The number of hydrogen-bond donors (Lipinski definition) is 0. The van der Waals surface area contributed by atoms with E-state index in [1.54, 1.807) is 0 Å². The molecule has 1 aliphatic rings. The molecule has 0 aliphatic heterocycles. The molecule has 1 aliphatic carbocycles. The van der Waals surface area contributed by atoms with Gasteiger partial charge >= 0.3 is 0 Å². The van der Waals surface area contributed by atoms with Gasteiger partial charge in [-0.15, -0.1) is 0 Å². The van der Waals surface area contributed by atoms with Gasteiger partial charge in [0.1, 0.15) is 0 Å². The highest BCUT2D eigenvalue weighted by Crippen LogP contribution is 2.49. The highest BCUT2D eigenvalue weighted by molar-refractivity contribution is 5.82. The molecule has 0 fully saturated rings. The van der Waals surface area contributed by atoms with Crippen LogP contribution in [0.3, 0.4) is 0 Å². The van der Waals surface area contributed by atoms with Gasteiger partial charge in [-0.1, -0.05) is 56.3 Å². The third-order valence-corrected chi connectivity index (χ3v) is 3.70. The molecular weight excluding hydrogens is 206 g/mol. The lowest BCUT2D eigenvalue weighted by atomic mass is 9.82. The van der Waals surface area contributed by atoms with Gasteiger partial charge in [-0.3, -0.25) is 0 Å². The van der Waals surface area contributed by atoms with Gasteiger partial charge < -0.3 is 0 Å². The summed E-state index contributed by atoms with van der Waals surface area (Å²) in [4.78, 5) is 3.53. The van der Waals surface area contributed by atoms with Crippen LogP contribution in [0.2, 0.25) is 0 Å². The topological polar surface area (TPSA) is 4.36 Å². The lowest BCUT2D eigenvalue weighted by Gasteiger charge is -2.21. The maximum atomic E-state index is 7.12. The Labute approximate surface area is 102 Å². The molecule has 0 spiro atoms. The molecule has 1 heteroatoms. The van der Waals surface area contributed by atoms with Gasteiger partial charge in [-0.25, -0.2) is 4.85 Å². The predicted molar refractivity (Wildman–Crippen MR) is 70.3 cm³/mol. The maximum Gasteiger partial charge on any atom is 0.187 e. The summed E-state index contributed by atoms with van der Waals surface area (Å²) in [6, 6.07) is 14.5. The van der Waals surface area contributed by atoms with Crippen LogP contribution in [0.15, 0.2) is 42.5 Å². The summed E-state index contributed by atoms with van der Waals surface area (Å²) in [5.41, 5.74) is 5.95. The highest BCUT2D eigenvalue weighted by Gasteiger charge is 2.34. The molecule has 2 aromatic rings. The van der Waals surface area contributed by atoms with Crippen molar-refractivity contribution >= 4 is 5.69 Å². The normalized spacial score (nSPS) is 14.9. The monoisotopic (exact) mass is 219 g/mol. The van der Waals surface area contributed by atoms with Crippen molar-refractivity contribution in [2.45, 2.75) is 19.3 Å². The second kappa shape index (κ2) is 3.21. The lowest BCUT2D eigenvalue weighted by molar-refractivity contribution is 0.661. The van der Waals surface area contributed by atoms with Crippen molar-refractivity contribution < 1.29 is 0 Å². The molecule has 0 unspecified atom stereocenters. The Balaban J connectivity index is 2.36. The van der Waals surface area contributed by atoms with Crippen LogP contribution in [0.4, 0.5) is 5.69 Å². The fourth-order valence-electron chi connectivity index (χ4n) is 2.76. The summed E-state index contributed by atoms with van der Waals surface area (Å²) >= 11 is 0. The van der Waals surface area contributed by atoms with Gasteiger partial charge in [0.2, 0.25) is 0 Å². The molecule has 0 bridgehead atoms. The summed E-state index contributed by atoms with van der Waals surface area (Å²) < 4.78 is 0. The minimum atomic E-state index is 0.00657. The Bertz CT molecular complexity index is 645. The Morgan fingerprint density at radius 1 is 0.941 bits per heavy atom. The van der Waals surface area contributed by atoms with Crippen LogP contribution in [0.5, 0.6) is 0 Å². The van der Waals surface area contributed by atoms with Crippen molar-refractivity contribution in [2.75, 3.05) is 0 Å². The first-order valence-electron chi connectivity index (χ1n) is 5.76. The molecule has 0 N–H and O–H groups in total. The Kier molecular flexibility index (Phi) is 1.91. The van der Waals surface area contributed by atoms with Crippen LogP contribution in [-0.2, 0) is 5.41 Å². The van der Waals surface area contributed by atoms with E-state index in [1.807, 2.05) is 12.1 Å². The molecule has 0 aromatic heterocycles. The van der Waals surface area contributed by atoms with E-state index in [2.05, 4.69) is 49.0 Å². The highest BCUT2D eigenvalue weighted by atomic mass is 14.6. The van der Waals surface area contributed by atoms with Crippen molar-refractivity contribution in [3.8, 4) is 11.1 Å². The van der Waals surface area contributed by atoms with Gasteiger partial charge in [-0.2, -0.15) is 0 Å². The smallest absolute Gasteiger partial charge is 0.187 e. The zero-order chi connectivity index (χ0) is 12.0. The van der Waals surface area contributed by atoms with E-state index in [1.165, 1.54) is 22.3 Å². The lowest BCUT2D eigenvalue weighted by Crippen LogP contribution is -2.14. The van der Waals surface area contributed by atoms with Crippen molar-refractivity contribution in [1.29, 1.82) is 0 Å². The molecule has 0 radical (unpaired) electrons. The van der Waals surface area contributed by atoms with Gasteiger partial charge in [-0.05, 0) is 22.3 Å². The average molecular weight is 219 g/mol. The number of hydrogen-bond acceptors (Lipinski definition) is 0. The molecule has 0 heterocycles. The van der Waals surface area contributed by atoms with Gasteiger partial charge in [0.25, 0.3) is 0 Å². The summed E-state index contributed by atoms with van der Waals surface area (Å²) in [6.07, 6.45) is 0. The fourth-order valence-corrected chi connectivity index (χ4v) is 2.76. The predicted octanol–water partition coefficient (Wildman–Crippen LogP) is 4.54. The molecule has 0 amide bonds. The molecular formula is C16H13N. The van der Waals surface area contributed by atoms with E-state index in [0.29, 0.717) is 0 Å². The summed E-state index contributed by atoms with van der Waals surface area (Å²) in [7, 11) is 0. The van der Waals surface area contributed by atoms with E-state index in [4.69, 9.17) is 6.57 Å². The summed E-state index contributed by atoms with van der Waals surface area (Å²) in [5, 5.41) is 0. The molecule has 0 saturated carbocycles. The van der Waals surface area contributed by atoms with Gasteiger partial charge in [0.15, 0.2) is 5.69 Å². The van der Waals surface area contributed by atoms with E-state index in [-0.39, 0.29) is 5.41 Å². The minimum absolute atomic E-state index is 0.00657. The number of nitrogens with zero attached hydrogens (tertiary/aromatic N) is 1. The molecule has 3 rings (SSSR count). The van der Waals surface area contributed by atoms with Crippen LogP contribution in [0.1, 0.15) is 25.0 Å². The Morgan fingerprint density at radius 3 is 2.41 bits per heavy atom. The average Bonchev–Trinajstić information content (AvgIpc) is 2.59. The number of benzene rings is 2. The molecule has 1 nitrogen and oxygen atoms in total. The van der Waals surface area contributed by atoms with Gasteiger partial charge in [0, 0.05) is 5.41 Å². The largest absolute Gasteiger partial charge is 0.238 e. The first-order chi connectivity index (χ1) is 8.14. The standard InChI is InChI=1S/C16H13N/c1-16(2)14-7-5-4-6-12(14)13-9-8-11(17-3)10-15(13)16/h4-10H,1-2H3. The molecule has 82 valence electrons. The van der Waals surface area contributed by atoms with Crippen molar-refractivity contribution in [3.05, 3.63) is 65.0 Å². The Morgan fingerprint density at radius 2 is 1.65 bits per heavy atom. The van der Waals surface area contributed by atoms with Crippen molar-refractivity contribution in [1.82, 2.24) is 0 Å². The summed E-state index contributed by atoms with van der Waals surface area (Å²) in [6.45, 7) is 11.6. The SMILES string of the molecule is [C-]#[N+]c1ccc2c(c1)C(C)(C)c1ccccc1-2. The minimum Gasteiger partial charge on any atom is -0.238 e. The third kappa shape index (κ3) is 1.24. The third-order valence-electron chi connectivity index (χ3n) is 3.70. The van der Waals surface area contributed by atoms with Crippen LogP contribution in [0, 0.1) is 6.57 Å². The second-order valence-electron chi connectivity index (χ2n) is 5.01. The van der Waals surface area contributed by atoms with E-state index in [0.717, 1.165) is 5.69 Å². The number of rotatable bonds is 0. The van der Waals surface area contributed by atoms with E-state index >= 15 is 0 Å². The first-order valence-corrected chi connectivity index (χ1v) is 5.76. The number of fused-ring (bicyclic) bond motifs is 3. The van der Waals surface area contributed by atoms with Crippen LogP contribution in [-0.4, -0.2) is 0 Å². The zero-order valence-electron chi connectivity index (χ0n) is 9.99. The van der Waals surface area contributed by atoms with Crippen molar-refractivity contribution in [2.24, 2.45) is 0 Å². The second-order valence-corrected chi connectivity index (χ2v) is 5.01. The van der Waals surface area contributed by atoms with Crippen molar-refractivity contribution in [3.63, 3.8) is 0 Å². The van der Waals surface area contributed by atoms with E-state index in [9.17, 15) is 0 Å². The molecule has 17 heavy (non-hydrogen) atoms. The van der Waals surface area contributed by atoms with Crippen LogP contribution >= 0.6 is 0 Å². The quantitative estimate of drug-likeness (QED) is 0.573. The summed E-state index contributed by atoms with van der Waals surface area (Å²) in [5.74, 6) is 0. The van der Waals surface area contributed by atoms with Crippen LogP contribution < -0.4 is 0 Å². The van der Waals surface area contributed by atoms with Gasteiger partial charge in [0.05, 0.1) is 6.57 Å². The fraction of sp³-hybridized carbons (Fsp3) is 0.188. The molecule has 0 atom stereocenters.